The lowest BCUT2D eigenvalue weighted by Crippen LogP contribution is -2.43. The van der Waals surface area contributed by atoms with Gasteiger partial charge in [-0.3, -0.25) is 0 Å². The number of ether oxygens (including phenoxy) is 3. The van der Waals surface area contributed by atoms with E-state index >= 15 is 0 Å². The Morgan fingerprint density at radius 2 is 1.63 bits per heavy atom. The van der Waals surface area contributed by atoms with Gasteiger partial charge in [-0.2, -0.15) is 0 Å². The second-order valence-electron chi connectivity index (χ2n) is 10.1. The standard InChI is InChI=1S/C33H28BrN3O6/c1-41-28-13-11-19(15-29(28)42-2)31-27(37-17-20(34)12-14-30(37)36-31)16-26(32(38)39)35-33(40)43-18-25-23-9-5-3-7-21(23)22-8-4-6-10-24(22)25/h3-15,17,25-26H,16,18H2,1-2H3,(H,35,40)(H,38,39). The number of alkyl carbamates (subject to hydrolysis) is 1. The van der Waals surface area contributed by atoms with E-state index in [2.05, 4.69) is 33.4 Å². The number of benzene rings is 3. The Kier molecular flexibility index (Phi) is 7.77. The number of pyridine rings is 1. The van der Waals surface area contributed by atoms with Crippen molar-refractivity contribution >= 4 is 33.6 Å². The highest BCUT2D eigenvalue weighted by Crippen LogP contribution is 2.44. The number of hydrogen-bond acceptors (Lipinski definition) is 6. The first-order valence-electron chi connectivity index (χ1n) is 13.6. The largest absolute Gasteiger partial charge is 0.493 e. The molecule has 10 heteroatoms. The molecule has 1 amide bonds. The molecule has 0 saturated heterocycles. The van der Waals surface area contributed by atoms with Gasteiger partial charge in [0.2, 0.25) is 0 Å². The fraction of sp³-hybridized carbons (Fsp3) is 0.182. The molecule has 1 atom stereocenters. The second-order valence-corrected chi connectivity index (χ2v) is 11.0. The van der Waals surface area contributed by atoms with E-state index in [0.717, 1.165) is 26.7 Å². The highest BCUT2D eigenvalue weighted by Gasteiger charge is 2.30. The van der Waals surface area contributed by atoms with Crippen LogP contribution in [0.25, 0.3) is 28.0 Å². The number of hydrogen-bond donors (Lipinski definition) is 2. The molecule has 6 rings (SSSR count). The van der Waals surface area contributed by atoms with Crippen molar-refractivity contribution in [1.82, 2.24) is 14.7 Å². The number of amides is 1. The molecule has 0 saturated carbocycles. The first-order chi connectivity index (χ1) is 20.9. The van der Waals surface area contributed by atoms with Crippen molar-refractivity contribution in [3.63, 3.8) is 0 Å². The normalized spacial score (nSPS) is 12.8. The van der Waals surface area contributed by atoms with Gasteiger partial charge in [0.25, 0.3) is 0 Å². The minimum Gasteiger partial charge on any atom is -0.493 e. The summed E-state index contributed by atoms with van der Waals surface area (Å²) in [5.41, 5.74) is 6.83. The van der Waals surface area contributed by atoms with Crippen LogP contribution in [-0.2, 0) is 16.0 Å². The summed E-state index contributed by atoms with van der Waals surface area (Å²) in [4.78, 5) is 30.3. The number of aliphatic carboxylic acids is 1. The van der Waals surface area contributed by atoms with Crippen molar-refractivity contribution in [1.29, 1.82) is 0 Å². The maximum Gasteiger partial charge on any atom is 0.407 e. The van der Waals surface area contributed by atoms with Crippen molar-refractivity contribution < 1.29 is 28.9 Å². The molecular weight excluding hydrogens is 614 g/mol. The molecule has 2 heterocycles. The van der Waals surface area contributed by atoms with Gasteiger partial charge in [-0.1, -0.05) is 48.5 Å². The number of imidazole rings is 1. The summed E-state index contributed by atoms with van der Waals surface area (Å²) in [6.07, 6.45) is 0.950. The number of nitrogens with zero attached hydrogens (tertiary/aromatic N) is 2. The number of nitrogens with one attached hydrogen (secondary N) is 1. The highest BCUT2D eigenvalue weighted by molar-refractivity contribution is 9.10. The summed E-state index contributed by atoms with van der Waals surface area (Å²) < 4.78 is 19.1. The van der Waals surface area contributed by atoms with Crippen LogP contribution in [0.15, 0.2) is 89.5 Å². The number of carbonyl (C=O) groups is 2. The van der Waals surface area contributed by atoms with Gasteiger partial charge < -0.3 is 29.0 Å². The van der Waals surface area contributed by atoms with Gasteiger partial charge in [-0.15, -0.1) is 0 Å². The maximum absolute atomic E-state index is 13.0. The number of halogens is 1. The van der Waals surface area contributed by atoms with Crippen LogP contribution in [0.1, 0.15) is 22.7 Å². The van der Waals surface area contributed by atoms with Gasteiger partial charge in [-0.25, -0.2) is 14.6 Å². The first kappa shape index (κ1) is 28.3. The summed E-state index contributed by atoms with van der Waals surface area (Å²) in [6, 6.07) is 23.8. The SMILES string of the molecule is COc1ccc(-c2nc3ccc(Br)cn3c2CC(NC(=O)OCC2c3ccccc3-c3ccccc32)C(=O)O)cc1OC. The number of rotatable bonds is 9. The minimum absolute atomic E-state index is 0.0547. The van der Waals surface area contributed by atoms with Crippen molar-refractivity contribution in [2.24, 2.45) is 0 Å². The zero-order valence-electron chi connectivity index (χ0n) is 23.4. The summed E-state index contributed by atoms with van der Waals surface area (Å²) in [6.45, 7) is 0.0751. The highest BCUT2D eigenvalue weighted by atomic mass is 79.9. The average Bonchev–Trinajstić information content (AvgIpc) is 3.54. The summed E-state index contributed by atoms with van der Waals surface area (Å²) in [7, 11) is 3.10. The Labute approximate surface area is 256 Å². The molecule has 2 aromatic heterocycles. The van der Waals surface area contributed by atoms with Crippen LogP contribution < -0.4 is 14.8 Å². The van der Waals surface area contributed by atoms with E-state index in [0.29, 0.717) is 34.1 Å². The predicted molar refractivity (Wildman–Crippen MR) is 165 cm³/mol. The van der Waals surface area contributed by atoms with Crippen molar-refractivity contribution in [2.75, 3.05) is 20.8 Å². The van der Waals surface area contributed by atoms with E-state index in [1.807, 2.05) is 65.2 Å². The van der Waals surface area contributed by atoms with Gasteiger partial charge in [0, 0.05) is 28.6 Å². The molecule has 2 N–H and O–H groups in total. The van der Waals surface area contributed by atoms with Gasteiger partial charge in [0.15, 0.2) is 11.5 Å². The fourth-order valence-electron chi connectivity index (χ4n) is 5.65. The molecule has 0 radical (unpaired) electrons. The summed E-state index contributed by atoms with van der Waals surface area (Å²) >= 11 is 3.49. The van der Waals surface area contributed by atoms with Crippen LogP contribution in [0.3, 0.4) is 0 Å². The Hall–Kier alpha value is -4.83. The number of aromatic nitrogens is 2. The van der Waals surface area contributed by atoms with E-state index in [9.17, 15) is 14.7 Å². The van der Waals surface area contributed by atoms with E-state index in [1.54, 1.807) is 26.4 Å². The average molecular weight is 643 g/mol. The minimum atomic E-state index is -1.28. The number of fused-ring (bicyclic) bond motifs is 4. The Balaban J connectivity index is 1.26. The number of carbonyl (C=O) groups excluding carboxylic acids is 1. The zero-order valence-corrected chi connectivity index (χ0v) is 25.0. The fourth-order valence-corrected chi connectivity index (χ4v) is 5.99. The quantitative estimate of drug-likeness (QED) is 0.194. The third-order valence-corrected chi connectivity index (χ3v) is 8.14. The van der Waals surface area contributed by atoms with Crippen LogP contribution in [0.5, 0.6) is 11.5 Å². The molecule has 0 spiro atoms. The smallest absolute Gasteiger partial charge is 0.407 e. The second kappa shape index (κ2) is 11.8. The predicted octanol–water partition coefficient (Wildman–Crippen LogP) is 6.32. The Morgan fingerprint density at radius 1 is 0.953 bits per heavy atom. The first-order valence-corrected chi connectivity index (χ1v) is 14.4. The van der Waals surface area contributed by atoms with Gasteiger partial charge in [-0.05, 0) is 68.5 Å². The Morgan fingerprint density at radius 3 is 2.28 bits per heavy atom. The molecular formula is C33H28BrN3O6. The molecule has 1 unspecified atom stereocenters. The van der Waals surface area contributed by atoms with Gasteiger partial charge >= 0.3 is 12.1 Å². The van der Waals surface area contributed by atoms with E-state index < -0.39 is 18.1 Å². The Bertz CT molecular complexity index is 1810. The topological polar surface area (TPSA) is 111 Å². The number of carboxylic acids is 1. The number of carboxylic acid groups (broad SMARTS) is 1. The molecule has 3 aromatic carbocycles. The molecule has 0 fully saturated rings. The molecule has 43 heavy (non-hydrogen) atoms. The third-order valence-electron chi connectivity index (χ3n) is 7.67. The maximum atomic E-state index is 13.0. The summed E-state index contributed by atoms with van der Waals surface area (Å²) in [5, 5.41) is 12.7. The van der Waals surface area contributed by atoms with Crippen LogP contribution in [0.2, 0.25) is 0 Å². The monoisotopic (exact) mass is 641 g/mol. The van der Waals surface area contributed by atoms with Gasteiger partial charge in [0.05, 0.1) is 25.6 Å². The molecule has 0 bridgehead atoms. The van der Waals surface area contributed by atoms with E-state index in [1.165, 1.54) is 0 Å². The van der Waals surface area contributed by atoms with Crippen molar-refractivity contribution in [2.45, 2.75) is 18.4 Å². The molecule has 218 valence electrons. The van der Waals surface area contributed by atoms with E-state index in [4.69, 9.17) is 19.2 Å². The molecule has 5 aromatic rings. The zero-order chi connectivity index (χ0) is 30.1. The molecule has 1 aliphatic carbocycles. The lowest BCUT2D eigenvalue weighted by atomic mass is 9.98. The molecule has 9 nitrogen and oxygen atoms in total. The van der Waals surface area contributed by atoms with E-state index in [-0.39, 0.29) is 18.9 Å². The van der Waals surface area contributed by atoms with Crippen molar-refractivity contribution in [3.8, 4) is 33.9 Å². The van der Waals surface area contributed by atoms with Gasteiger partial charge in [0.1, 0.15) is 18.3 Å². The van der Waals surface area contributed by atoms with Crippen LogP contribution in [0, 0.1) is 0 Å². The number of methoxy groups -OCH3 is 2. The molecule has 1 aliphatic rings. The summed E-state index contributed by atoms with van der Waals surface area (Å²) in [5.74, 6) is -0.277. The van der Waals surface area contributed by atoms with Crippen molar-refractivity contribution in [3.05, 3.63) is 106 Å². The van der Waals surface area contributed by atoms with Crippen LogP contribution >= 0.6 is 15.9 Å². The van der Waals surface area contributed by atoms with Crippen LogP contribution in [-0.4, -0.2) is 53.4 Å². The molecule has 0 aliphatic heterocycles. The lowest BCUT2D eigenvalue weighted by molar-refractivity contribution is -0.139. The van der Waals surface area contributed by atoms with Crippen LogP contribution in [0.4, 0.5) is 4.79 Å². The third kappa shape index (κ3) is 5.41. The lowest BCUT2D eigenvalue weighted by Gasteiger charge is -2.18.